The van der Waals surface area contributed by atoms with Crippen LogP contribution < -0.4 is 10.5 Å². The molecule has 0 fully saturated rings. The van der Waals surface area contributed by atoms with E-state index >= 15 is 0 Å². The van der Waals surface area contributed by atoms with Crippen molar-refractivity contribution in [1.82, 2.24) is 9.97 Å². The molecule has 106 valence electrons. The van der Waals surface area contributed by atoms with Gasteiger partial charge in [0, 0.05) is 24.0 Å². The maximum atomic E-state index is 6.29. The molecule has 2 N–H and O–H groups in total. The molecule has 2 unspecified atom stereocenters. The second kappa shape index (κ2) is 7.26. The first-order valence-electron chi connectivity index (χ1n) is 6.58. The van der Waals surface area contributed by atoms with E-state index < -0.39 is 0 Å². The van der Waals surface area contributed by atoms with Gasteiger partial charge in [0.2, 0.25) is 0 Å². The Morgan fingerprint density at radius 1 is 1.20 bits per heavy atom. The summed E-state index contributed by atoms with van der Waals surface area (Å²) in [7, 11) is 1.68. The van der Waals surface area contributed by atoms with Crippen molar-refractivity contribution < 1.29 is 4.74 Å². The molecular formula is C15H19N3OS. The fraction of sp³-hybridized carbons (Fsp3) is 0.333. The van der Waals surface area contributed by atoms with E-state index in [2.05, 4.69) is 23.0 Å². The van der Waals surface area contributed by atoms with Gasteiger partial charge in [0.05, 0.1) is 12.4 Å². The van der Waals surface area contributed by atoms with E-state index in [0.717, 1.165) is 22.9 Å². The number of thioether (sulfide) groups is 1. The van der Waals surface area contributed by atoms with Gasteiger partial charge in [-0.05, 0) is 18.6 Å². The van der Waals surface area contributed by atoms with Gasteiger partial charge in [0.1, 0.15) is 5.75 Å². The summed E-state index contributed by atoms with van der Waals surface area (Å²) >= 11 is 1.58. The van der Waals surface area contributed by atoms with Gasteiger partial charge in [0.15, 0.2) is 5.16 Å². The Labute approximate surface area is 123 Å². The molecule has 0 aliphatic carbocycles. The van der Waals surface area contributed by atoms with Crippen LogP contribution in [0.15, 0.2) is 47.9 Å². The van der Waals surface area contributed by atoms with Crippen LogP contribution in [0.4, 0.5) is 0 Å². The first kappa shape index (κ1) is 14.8. The molecule has 2 aromatic rings. The smallest absolute Gasteiger partial charge is 0.188 e. The summed E-state index contributed by atoms with van der Waals surface area (Å²) < 4.78 is 5.45. The molecule has 20 heavy (non-hydrogen) atoms. The monoisotopic (exact) mass is 289 g/mol. The first-order valence-corrected chi connectivity index (χ1v) is 7.46. The van der Waals surface area contributed by atoms with E-state index in [-0.39, 0.29) is 11.3 Å². The number of methoxy groups -OCH3 is 1. The van der Waals surface area contributed by atoms with Crippen LogP contribution >= 0.6 is 11.8 Å². The van der Waals surface area contributed by atoms with E-state index in [1.807, 2.05) is 24.3 Å². The Balaban J connectivity index is 2.32. The zero-order chi connectivity index (χ0) is 14.4. The molecule has 0 radical (unpaired) electrons. The Morgan fingerprint density at radius 3 is 2.55 bits per heavy atom. The maximum Gasteiger partial charge on any atom is 0.188 e. The van der Waals surface area contributed by atoms with Crippen molar-refractivity contribution in [2.75, 3.05) is 7.11 Å². The Morgan fingerprint density at radius 2 is 1.90 bits per heavy atom. The van der Waals surface area contributed by atoms with Gasteiger partial charge in [-0.15, -0.1) is 0 Å². The first-order chi connectivity index (χ1) is 9.76. The molecule has 1 aromatic heterocycles. The number of ether oxygens (including phenoxy) is 1. The Bertz CT molecular complexity index is 536. The molecule has 0 spiro atoms. The van der Waals surface area contributed by atoms with Crippen LogP contribution in [0.3, 0.4) is 0 Å². The van der Waals surface area contributed by atoms with Crippen molar-refractivity contribution in [1.29, 1.82) is 0 Å². The van der Waals surface area contributed by atoms with E-state index in [0.29, 0.717) is 0 Å². The number of para-hydroxylation sites is 1. The molecule has 2 rings (SSSR count). The van der Waals surface area contributed by atoms with Crippen LogP contribution in [0.25, 0.3) is 0 Å². The van der Waals surface area contributed by atoms with Crippen molar-refractivity contribution >= 4 is 11.8 Å². The highest BCUT2D eigenvalue weighted by Crippen LogP contribution is 2.40. The predicted octanol–water partition coefficient (Wildman–Crippen LogP) is 3.06. The van der Waals surface area contributed by atoms with Crippen LogP contribution in [0.5, 0.6) is 5.75 Å². The topological polar surface area (TPSA) is 61.0 Å². The predicted molar refractivity (Wildman–Crippen MR) is 81.9 cm³/mol. The molecular weight excluding hydrogens is 270 g/mol. The normalized spacial score (nSPS) is 13.8. The number of hydrogen-bond acceptors (Lipinski definition) is 5. The number of nitrogens with two attached hydrogens (primary N) is 1. The van der Waals surface area contributed by atoms with E-state index in [1.54, 1.807) is 31.3 Å². The van der Waals surface area contributed by atoms with Crippen LogP contribution in [-0.2, 0) is 0 Å². The van der Waals surface area contributed by atoms with Crippen molar-refractivity contribution in [2.24, 2.45) is 5.73 Å². The van der Waals surface area contributed by atoms with Gasteiger partial charge in [-0.3, -0.25) is 0 Å². The molecule has 0 aliphatic heterocycles. The lowest BCUT2D eigenvalue weighted by Gasteiger charge is -2.23. The van der Waals surface area contributed by atoms with Gasteiger partial charge in [-0.2, -0.15) is 0 Å². The molecule has 0 saturated heterocycles. The largest absolute Gasteiger partial charge is 0.496 e. The lowest BCUT2D eigenvalue weighted by atomic mass is 10.0. The van der Waals surface area contributed by atoms with Crippen LogP contribution in [0.2, 0.25) is 0 Å². The summed E-state index contributed by atoms with van der Waals surface area (Å²) in [4.78, 5) is 8.54. The summed E-state index contributed by atoms with van der Waals surface area (Å²) in [5, 5.41) is 0.797. The van der Waals surface area contributed by atoms with Gasteiger partial charge < -0.3 is 10.5 Å². The highest BCUT2D eigenvalue weighted by Gasteiger charge is 2.24. The summed E-state index contributed by atoms with van der Waals surface area (Å²) in [5.41, 5.74) is 7.37. The number of nitrogens with zero attached hydrogens (tertiary/aromatic N) is 2. The minimum atomic E-state index is 0.0140. The zero-order valence-corrected chi connectivity index (χ0v) is 12.5. The lowest BCUT2D eigenvalue weighted by Crippen LogP contribution is -2.26. The standard InChI is InChI=1S/C15H19N3OS/c1-3-12(16)14(20-15-17-9-6-10-18-15)11-7-4-5-8-13(11)19-2/h4-10,12,14H,3,16H2,1-2H3. The van der Waals surface area contributed by atoms with Gasteiger partial charge in [-0.1, -0.05) is 36.9 Å². The molecule has 1 aromatic carbocycles. The molecule has 0 saturated carbocycles. The van der Waals surface area contributed by atoms with Gasteiger partial charge in [0.25, 0.3) is 0 Å². The zero-order valence-electron chi connectivity index (χ0n) is 11.7. The minimum absolute atomic E-state index is 0.0140. The van der Waals surface area contributed by atoms with Gasteiger partial charge in [-0.25, -0.2) is 9.97 Å². The minimum Gasteiger partial charge on any atom is -0.496 e. The average Bonchev–Trinajstić information content (AvgIpc) is 2.53. The Hall–Kier alpha value is -1.59. The molecule has 2 atom stereocenters. The van der Waals surface area contributed by atoms with E-state index in [4.69, 9.17) is 10.5 Å². The molecule has 0 bridgehead atoms. The molecule has 0 aliphatic rings. The van der Waals surface area contributed by atoms with Crippen LogP contribution in [-0.4, -0.2) is 23.1 Å². The molecule has 1 heterocycles. The van der Waals surface area contributed by atoms with Crippen molar-refractivity contribution in [2.45, 2.75) is 29.8 Å². The third-order valence-corrected chi connectivity index (χ3v) is 4.36. The number of benzene rings is 1. The lowest BCUT2D eigenvalue weighted by molar-refractivity contribution is 0.407. The fourth-order valence-corrected chi connectivity index (χ4v) is 3.12. The SMILES string of the molecule is CCC(N)C(Sc1ncccn1)c1ccccc1OC. The maximum absolute atomic E-state index is 6.29. The molecule has 4 nitrogen and oxygen atoms in total. The Kier molecular flexibility index (Phi) is 5.38. The second-order valence-corrected chi connectivity index (χ2v) is 5.49. The second-order valence-electron chi connectivity index (χ2n) is 4.38. The van der Waals surface area contributed by atoms with Crippen molar-refractivity contribution in [3.63, 3.8) is 0 Å². The molecule has 0 amide bonds. The fourth-order valence-electron chi connectivity index (χ4n) is 1.96. The van der Waals surface area contributed by atoms with Gasteiger partial charge >= 0.3 is 0 Å². The van der Waals surface area contributed by atoms with Crippen molar-refractivity contribution in [3.8, 4) is 5.75 Å². The highest BCUT2D eigenvalue weighted by molar-refractivity contribution is 7.99. The average molecular weight is 289 g/mol. The van der Waals surface area contributed by atoms with Crippen LogP contribution in [0.1, 0.15) is 24.2 Å². The third-order valence-electron chi connectivity index (χ3n) is 3.08. The number of hydrogen-bond donors (Lipinski definition) is 1. The number of rotatable bonds is 6. The van der Waals surface area contributed by atoms with Crippen molar-refractivity contribution in [3.05, 3.63) is 48.3 Å². The molecule has 5 heteroatoms. The summed E-state index contributed by atoms with van der Waals surface area (Å²) in [6, 6.07) is 9.79. The summed E-state index contributed by atoms with van der Waals surface area (Å²) in [6.07, 6.45) is 4.36. The number of aromatic nitrogens is 2. The summed E-state index contributed by atoms with van der Waals surface area (Å²) in [6.45, 7) is 2.08. The summed E-state index contributed by atoms with van der Waals surface area (Å²) in [5.74, 6) is 0.852. The van der Waals surface area contributed by atoms with E-state index in [9.17, 15) is 0 Å². The third kappa shape index (κ3) is 3.49. The quantitative estimate of drug-likeness (QED) is 0.654. The van der Waals surface area contributed by atoms with E-state index in [1.165, 1.54) is 0 Å². The van der Waals surface area contributed by atoms with Crippen LogP contribution in [0, 0.1) is 0 Å². The highest BCUT2D eigenvalue weighted by atomic mass is 32.2.